The predicted molar refractivity (Wildman–Crippen MR) is 77.3 cm³/mol. The van der Waals surface area contributed by atoms with Crippen molar-refractivity contribution in [2.75, 3.05) is 10.5 Å². The molecule has 0 amide bonds. The highest BCUT2D eigenvalue weighted by atomic mass is 79.9. The summed E-state index contributed by atoms with van der Waals surface area (Å²) in [6.07, 6.45) is 3.07. The van der Waals surface area contributed by atoms with E-state index < -0.39 is 10.0 Å². The molecule has 6 nitrogen and oxygen atoms in total. The van der Waals surface area contributed by atoms with Gasteiger partial charge in [0.1, 0.15) is 4.90 Å². The average molecular weight is 345 g/mol. The number of benzene rings is 1. The van der Waals surface area contributed by atoms with Gasteiger partial charge in [-0.1, -0.05) is 15.9 Å². The van der Waals surface area contributed by atoms with Crippen molar-refractivity contribution in [1.82, 2.24) is 9.78 Å². The van der Waals surface area contributed by atoms with Crippen molar-refractivity contribution in [2.24, 2.45) is 0 Å². The van der Waals surface area contributed by atoms with Crippen molar-refractivity contribution >= 4 is 37.3 Å². The monoisotopic (exact) mass is 344 g/mol. The van der Waals surface area contributed by atoms with Gasteiger partial charge < -0.3 is 5.73 Å². The van der Waals surface area contributed by atoms with Crippen LogP contribution in [0.2, 0.25) is 0 Å². The van der Waals surface area contributed by atoms with Crippen LogP contribution in [0.5, 0.6) is 0 Å². The molecule has 1 aromatic carbocycles. The van der Waals surface area contributed by atoms with Gasteiger partial charge in [0, 0.05) is 17.2 Å². The van der Waals surface area contributed by atoms with Gasteiger partial charge in [-0.2, -0.15) is 5.10 Å². The molecule has 102 valence electrons. The molecule has 0 saturated heterocycles. The first-order chi connectivity index (χ1) is 8.92. The first-order valence-corrected chi connectivity index (χ1v) is 7.80. The number of nitrogens with zero attached hydrogens (tertiary/aromatic N) is 2. The van der Waals surface area contributed by atoms with Crippen molar-refractivity contribution in [3.8, 4) is 0 Å². The van der Waals surface area contributed by atoms with Gasteiger partial charge in [0.2, 0.25) is 0 Å². The number of nitrogens with one attached hydrogen (secondary N) is 1. The Morgan fingerprint density at radius 1 is 1.47 bits per heavy atom. The summed E-state index contributed by atoms with van der Waals surface area (Å²) in [7, 11) is -3.72. The molecule has 2 rings (SSSR count). The van der Waals surface area contributed by atoms with Crippen LogP contribution in [0.3, 0.4) is 0 Å². The van der Waals surface area contributed by atoms with Gasteiger partial charge in [-0.25, -0.2) is 8.42 Å². The number of nitrogen functional groups attached to an aromatic ring is 1. The Bertz CT molecular complexity index is 696. The average Bonchev–Trinajstić information content (AvgIpc) is 2.79. The van der Waals surface area contributed by atoms with Gasteiger partial charge in [-0.05, 0) is 25.1 Å². The highest BCUT2D eigenvalue weighted by molar-refractivity contribution is 9.10. The molecule has 1 heterocycles. The van der Waals surface area contributed by atoms with Gasteiger partial charge in [-0.3, -0.25) is 9.40 Å². The lowest BCUT2D eigenvalue weighted by Gasteiger charge is -2.08. The van der Waals surface area contributed by atoms with E-state index in [0.717, 1.165) is 0 Å². The van der Waals surface area contributed by atoms with Gasteiger partial charge in [-0.15, -0.1) is 0 Å². The highest BCUT2D eigenvalue weighted by Crippen LogP contribution is 2.24. The van der Waals surface area contributed by atoms with Crippen LogP contribution in [0.4, 0.5) is 11.4 Å². The number of hydrogen-bond donors (Lipinski definition) is 2. The summed E-state index contributed by atoms with van der Waals surface area (Å²) in [5.41, 5.74) is 6.30. The number of aromatic nitrogens is 2. The molecular formula is C11H13BrN4O2S. The third kappa shape index (κ3) is 3.07. The molecule has 0 bridgehead atoms. The van der Waals surface area contributed by atoms with Crippen molar-refractivity contribution in [3.05, 3.63) is 35.1 Å². The van der Waals surface area contributed by atoms with Gasteiger partial charge >= 0.3 is 0 Å². The van der Waals surface area contributed by atoms with Crippen LogP contribution < -0.4 is 10.5 Å². The molecule has 0 saturated carbocycles. The van der Waals surface area contributed by atoms with E-state index in [1.807, 2.05) is 6.92 Å². The Labute approximate surface area is 119 Å². The maximum atomic E-state index is 12.2. The molecule has 0 aliphatic rings. The molecule has 0 spiro atoms. The molecular weight excluding hydrogens is 332 g/mol. The molecule has 0 atom stereocenters. The number of nitrogens with two attached hydrogens (primary N) is 1. The second-order valence-electron chi connectivity index (χ2n) is 3.87. The second-order valence-corrected chi connectivity index (χ2v) is 6.44. The fourth-order valence-electron chi connectivity index (χ4n) is 1.54. The zero-order valence-corrected chi connectivity index (χ0v) is 12.6. The van der Waals surface area contributed by atoms with Crippen LogP contribution in [0.25, 0.3) is 0 Å². The fourth-order valence-corrected chi connectivity index (χ4v) is 3.24. The molecule has 19 heavy (non-hydrogen) atoms. The quantitative estimate of drug-likeness (QED) is 0.830. The van der Waals surface area contributed by atoms with E-state index in [4.69, 9.17) is 5.73 Å². The van der Waals surface area contributed by atoms with Crippen LogP contribution in [0.15, 0.2) is 40.0 Å². The number of halogens is 1. The Balaban J connectivity index is 2.34. The summed E-state index contributed by atoms with van der Waals surface area (Å²) in [6.45, 7) is 2.58. The van der Waals surface area contributed by atoms with Gasteiger partial charge in [0.25, 0.3) is 10.0 Å². The molecule has 3 N–H and O–H groups in total. The van der Waals surface area contributed by atoms with Crippen LogP contribution in [0, 0.1) is 0 Å². The Morgan fingerprint density at radius 2 is 2.21 bits per heavy atom. The molecule has 0 unspecified atom stereocenters. The summed E-state index contributed by atoms with van der Waals surface area (Å²) in [6, 6.07) is 4.68. The first kappa shape index (κ1) is 13.9. The molecule has 0 radical (unpaired) electrons. The van der Waals surface area contributed by atoms with Crippen molar-refractivity contribution in [2.45, 2.75) is 18.4 Å². The number of hydrogen-bond acceptors (Lipinski definition) is 4. The zero-order chi connectivity index (χ0) is 14.0. The summed E-state index contributed by atoms with van der Waals surface area (Å²) in [4.78, 5) is 0.0334. The number of aryl methyl sites for hydroxylation is 1. The fraction of sp³-hybridized carbons (Fsp3) is 0.182. The smallest absolute Gasteiger partial charge is 0.264 e. The molecule has 0 fully saturated rings. The first-order valence-electron chi connectivity index (χ1n) is 5.52. The molecule has 2 aromatic rings. The number of rotatable bonds is 4. The third-order valence-electron chi connectivity index (χ3n) is 2.47. The molecule has 0 aliphatic carbocycles. The van der Waals surface area contributed by atoms with E-state index in [1.54, 1.807) is 16.9 Å². The van der Waals surface area contributed by atoms with Crippen molar-refractivity contribution < 1.29 is 8.42 Å². The highest BCUT2D eigenvalue weighted by Gasteiger charge is 2.18. The normalized spacial score (nSPS) is 11.5. The summed E-state index contributed by atoms with van der Waals surface area (Å²) >= 11 is 3.23. The minimum absolute atomic E-state index is 0.0334. The lowest BCUT2D eigenvalue weighted by Crippen LogP contribution is -2.14. The zero-order valence-electron chi connectivity index (χ0n) is 10.2. The van der Waals surface area contributed by atoms with E-state index in [1.165, 1.54) is 18.3 Å². The van der Waals surface area contributed by atoms with Gasteiger partial charge in [0.05, 0.1) is 17.6 Å². The van der Waals surface area contributed by atoms with Crippen LogP contribution in [-0.4, -0.2) is 18.2 Å². The standard InChI is InChI=1S/C11H13BrN4O2S/c1-2-16-7-9(6-14-16)15-19(17,18)11-5-8(12)3-4-10(11)13/h3-7,15H,2,13H2,1H3. The van der Waals surface area contributed by atoms with Crippen LogP contribution in [0.1, 0.15) is 6.92 Å². The SMILES string of the molecule is CCn1cc(NS(=O)(=O)c2cc(Br)ccc2N)cn1. The predicted octanol–water partition coefficient (Wildman–Crippen LogP) is 2.05. The lowest BCUT2D eigenvalue weighted by molar-refractivity contribution is 0.601. The lowest BCUT2D eigenvalue weighted by atomic mass is 10.3. The van der Waals surface area contributed by atoms with Crippen molar-refractivity contribution in [3.63, 3.8) is 0 Å². The van der Waals surface area contributed by atoms with E-state index >= 15 is 0 Å². The number of anilines is 2. The Hall–Kier alpha value is -1.54. The van der Waals surface area contributed by atoms with E-state index in [9.17, 15) is 8.42 Å². The van der Waals surface area contributed by atoms with E-state index in [-0.39, 0.29) is 10.6 Å². The molecule has 8 heteroatoms. The van der Waals surface area contributed by atoms with Crippen molar-refractivity contribution in [1.29, 1.82) is 0 Å². The maximum Gasteiger partial charge on any atom is 0.264 e. The third-order valence-corrected chi connectivity index (χ3v) is 4.40. The van der Waals surface area contributed by atoms with Crippen LogP contribution >= 0.6 is 15.9 Å². The topological polar surface area (TPSA) is 90.0 Å². The van der Waals surface area contributed by atoms with Crippen LogP contribution in [-0.2, 0) is 16.6 Å². The molecule has 1 aromatic heterocycles. The van der Waals surface area contributed by atoms with Gasteiger partial charge in [0.15, 0.2) is 0 Å². The minimum atomic E-state index is -3.72. The maximum absolute atomic E-state index is 12.2. The minimum Gasteiger partial charge on any atom is -0.398 e. The summed E-state index contributed by atoms with van der Waals surface area (Å²) in [5.74, 6) is 0. The molecule has 0 aliphatic heterocycles. The number of sulfonamides is 1. The summed E-state index contributed by atoms with van der Waals surface area (Å²) < 4.78 is 29.2. The Morgan fingerprint density at radius 3 is 2.84 bits per heavy atom. The van der Waals surface area contributed by atoms with E-state index in [0.29, 0.717) is 16.7 Å². The second kappa shape index (κ2) is 5.22. The largest absolute Gasteiger partial charge is 0.398 e. The summed E-state index contributed by atoms with van der Waals surface area (Å²) in [5, 5.41) is 4.00. The van der Waals surface area contributed by atoms with E-state index in [2.05, 4.69) is 25.8 Å². The Kier molecular flexibility index (Phi) is 3.81.